The van der Waals surface area contributed by atoms with Gasteiger partial charge >= 0.3 is 5.97 Å². The maximum absolute atomic E-state index is 11.2. The van der Waals surface area contributed by atoms with Gasteiger partial charge in [-0.1, -0.05) is 12.2 Å². The molecule has 6 heteroatoms. The molecular weight excluding hydrogens is 264 g/mol. The molecule has 19 heavy (non-hydrogen) atoms. The molecule has 0 fully saturated rings. The Morgan fingerprint density at radius 3 is 2.79 bits per heavy atom. The van der Waals surface area contributed by atoms with E-state index in [1.54, 1.807) is 32.2 Å². The van der Waals surface area contributed by atoms with Crippen LogP contribution in [0.15, 0.2) is 18.2 Å². The number of nitrogens with two attached hydrogens (primary N) is 1. The molecule has 0 aliphatic rings. The summed E-state index contributed by atoms with van der Waals surface area (Å²) in [6.45, 7) is 2.61. The molecule has 1 aromatic rings. The minimum Gasteiger partial charge on any atom is -0.497 e. The third-order valence-corrected chi connectivity index (χ3v) is 2.66. The number of benzene rings is 1. The number of hydrogen-bond acceptors (Lipinski definition) is 5. The molecule has 0 saturated carbocycles. The number of methoxy groups -OCH3 is 1. The van der Waals surface area contributed by atoms with Gasteiger partial charge in [0.1, 0.15) is 10.7 Å². The van der Waals surface area contributed by atoms with Crippen LogP contribution in [0.2, 0.25) is 0 Å². The van der Waals surface area contributed by atoms with Crippen LogP contribution in [0.3, 0.4) is 0 Å². The summed E-state index contributed by atoms with van der Waals surface area (Å²) in [6, 6.07) is 5.36. The molecule has 3 N–H and O–H groups in total. The van der Waals surface area contributed by atoms with Crippen molar-refractivity contribution in [3.8, 4) is 5.75 Å². The number of esters is 1. The lowest BCUT2D eigenvalue weighted by atomic mass is 10.1. The molecule has 0 atom stereocenters. The molecule has 0 amide bonds. The lowest BCUT2D eigenvalue weighted by Crippen LogP contribution is -2.16. The third-order valence-electron chi connectivity index (χ3n) is 2.44. The summed E-state index contributed by atoms with van der Waals surface area (Å²) < 4.78 is 9.99. The van der Waals surface area contributed by atoms with E-state index < -0.39 is 0 Å². The van der Waals surface area contributed by atoms with Gasteiger partial charge in [-0.2, -0.15) is 0 Å². The second kappa shape index (κ2) is 7.58. The van der Waals surface area contributed by atoms with E-state index in [0.29, 0.717) is 23.9 Å². The molecule has 0 bridgehead atoms. The first-order valence-electron chi connectivity index (χ1n) is 5.95. The van der Waals surface area contributed by atoms with Crippen LogP contribution in [-0.2, 0) is 9.53 Å². The van der Waals surface area contributed by atoms with E-state index in [4.69, 9.17) is 27.4 Å². The fourth-order valence-electron chi connectivity index (χ4n) is 1.54. The van der Waals surface area contributed by atoms with Crippen molar-refractivity contribution >= 4 is 28.9 Å². The fraction of sp³-hybridized carbons (Fsp3) is 0.385. The van der Waals surface area contributed by atoms with Gasteiger partial charge in [0.15, 0.2) is 0 Å². The molecule has 0 unspecified atom stereocenters. The van der Waals surface area contributed by atoms with Crippen molar-refractivity contribution in [2.75, 3.05) is 25.6 Å². The van der Waals surface area contributed by atoms with Gasteiger partial charge in [0.05, 0.1) is 20.1 Å². The molecule has 0 saturated heterocycles. The van der Waals surface area contributed by atoms with E-state index in [0.717, 1.165) is 11.3 Å². The van der Waals surface area contributed by atoms with Crippen LogP contribution in [0.1, 0.15) is 18.9 Å². The number of nitrogens with one attached hydrogen (secondary N) is 1. The normalized spacial score (nSPS) is 9.79. The maximum atomic E-state index is 11.2. The third kappa shape index (κ3) is 4.75. The standard InChI is InChI=1S/C13H18N2O3S/c1-3-18-12(16)6-7-15-11-8-9(17-2)4-5-10(11)13(14)19/h4-5,8,15H,3,6-7H2,1-2H3,(H2,14,19). The molecule has 0 spiro atoms. The highest BCUT2D eigenvalue weighted by molar-refractivity contribution is 7.80. The van der Waals surface area contributed by atoms with E-state index in [1.807, 2.05) is 0 Å². The fourth-order valence-corrected chi connectivity index (χ4v) is 1.72. The number of carbonyl (C=O) groups excluding carboxylic acids is 1. The minimum absolute atomic E-state index is 0.241. The number of carbonyl (C=O) groups is 1. The van der Waals surface area contributed by atoms with Gasteiger partial charge in [-0.15, -0.1) is 0 Å². The van der Waals surface area contributed by atoms with Crippen molar-refractivity contribution < 1.29 is 14.3 Å². The van der Waals surface area contributed by atoms with Crippen LogP contribution in [0.4, 0.5) is 5.69 Å². The Hall–Kier alpha value is -1.82. The monoisotopic (exact) mass is 282 g/mol. The van der Waals surface area contributed by atoms with Crippen molar-refractivity contribution in [1.82, 2.24) is 0 Å². The zero-order chi connectivity index (χ0) is 14.3. The maximum Gasteiger partial charge on any atom is 0.307 e. The molecule has 1 rings (SSSR count). The summed E-state index contributed by atoms with van der Waals surface area (Å²) in [5, 5.41) is 3.11. The molecule has 0 aliphatic heterocycles. The van der Waals surface area contributed by atoms with Crippen LogP contribution in [0.25, 0.3) is 0 Å². The molecule has 0 aromatic heterocycles. The van der Waals surface area contributed by atoms with Gasteiger partial charge in [-0.25, -0.2) is 0 Å². The van der Waals surface area contributed by atoms with Crippen LogP contribution >= 0.6 is 12.2 Å². The Morgan fingerprint density at radius 2 is 2.21 bits per heavy atom. The van der Waals surface area contributed by atoms with Gasteiger partial charge in [0.2, 0.25) is 0 Å². The summed E-state index contributed by atoms with van der Waals surface area (Å²) in [5.41, 5.74) is 7.11. The van der Waals surface area contributed by atoms with E-state index in [2.05, 4.69) is 5.32 Å². The summed E-state index contributed by atoms with van der Waals surface area (Å²) >= 11 is 4.98. The van der Waals surface area contributed by atoms with E-state index in [9.17, 15) is 4.79 Å². The average Bonchev–Trinajstić information content (AvgIpc) is 2.38. The Kier molecular flexibility index (Phi) is 6.08. The van der Waals surface area contributed by atoms with E-state index in [1.165, 1.54) is 0 Å². The number of rotatable bonds is 7. The SMILES string of the molecule is CCOC(=O)CCNc1cc(OC)ccc1C(N)=S. The van der Waals surface area contributed by atoms with Crippen LogP contribution in [-0.4, -0.2) is 31.2 Å². The summed E-state index contributed by atoms with van der Waals surface area (Å²) in [7, 11) is 1.58. The highest BCUT2D eigenvalue weighted by atomic mass is 32.1. The Morgan fingerprint density at radius 1 is 1.47 bits per heavy atom. The van der Waals surface area contributed by atoms with Crippen LogP contribution in [0.5, 0.6) is 5.75 Å². The molecule has 5 nitrogen and oxygen atoms in total. The molecule has 0 radical (unpaired) electrons. The first-order chi connectivity index (χ1) is 9.08. The van der Waals surface area contributed by atoms with Gasteiger partial charge < -0.3 is 20.5 Å². The number of anilines is 1. The van der Waals surface area contributed by atoms with Crippen molar-refractivity contribution in [2.24, 2.45) is 5.73 Å². The number of ether oxygens (including phenoxy) is 2. The van der Waals surface area contributed by atoms with E-state index >= 15 is 0 Å². The zero-order valence-corrected chi connectivity index (χ0v) is 11.9. The Bertz CT molecular complexity index is 463. The number of thiocarbonyl (C=S) groups is 1. The number of hydrogen-bond donors (Lipinski definition) is 2. The van der Waals surface area contributed by atoms with Gasteiger partial charge in [-0.3, -0.25) is 4.79 Å². The average molecular weight is 282 g/mol. The molecule has 0 heterocycles. The highest BCUT2D eigenvalue weighted by Crippen LogP contribution is 2.22. The first kappa shape index (κ1) is 15.2. The summed E-state index contributed by atoms with van der Waals surface area (Å²) in [4.78, 5) is 11.5. The molecular formula is C13H18N2O3S. The van der Waals surface area contributed by atoms with Crippen LogP contribution in [0, 0.1) is 0 Å². The first-order valence-corrected chi connectivity index (χ1v) is 6.36. The largest absolute Gasteiger partial charge is 0.497 e. The predicted molar refractivity (Wildman–Crippen MR) is 78.6 cm³/mol. The lowest BCUT2D eigenvalue weighted by Gasteiger charge is -2.12. The lowest BCUT2D eigenvalue weighted by molar-refractivity contribution is -0.142. The summed E-state index contributed by atoms with van der Waals surface area (Å²) in [6.07, 6.45) is 0.280. The molecule has 0 aliphatic carbocycles. The van der Waals surface area contributed by atoms with Gasteiger partial charge in [-0.05, 0) is 19.1 Å². The Labute approximate surface area is 118 Å². The van der Waals surface area contributed by atoms with Gasteiger partial charge in [0.25, 0.3) is 0 Å². The smallest absolute Gasteiger partial charge is 0.307 e. The predicted octanol–water partition coefficient (Wildman–Crippen LogP) is 1.69. The van der Waals surface area contributed by atoms with E-state index in [-0.39, 0.29) is 12.4 Å². The van der Waals surface area contributed by atoms with Crippen molar-refractivity contribution in [1.29, 1.82) is 0 Å². The Balaban J connectivity index is 2.69. The van der Waals surface area contributed by atoms with Crippen molar-refractivity contribution in [3.63, 3.8) is 0 Å². The summed E-state index contributed by atoms with van der Waals surface area (Å²) in [5.74, 6) is 0.452. The zero-order valence-electron chi connectivity index (χ0n) is 11.1. The second-order valence-electron chi connectivity index (χ2n) is 3.76. The highest BCUT2D eigenvalue weighted by Gasteiger charge is 2.08. The van der Waals surface area contributed by atoms with Crippen molar-refractivity contribution in [2.45, 2.75) is 13.3 Å². The second-order valence-corrected chi connectivity index (χ2v) is 4.20. The van der Waals surface area contributed by atoms with Crippen LogP contribution < -0.4 is 15.8 Å². The molecule has 1 aromatic carbocycles. The van der Waals surface area contributed by atoms with Gasteiger partial charge in [0, 0.05) is 23.9 Å². The minimum atomic E-state index is -0.241. The van der Waals surface area contributed by atoms with Crippen molar-refractivity contribution in [3.05, 3.63) is 23.8 Å². The molecule has 104 valence electrons. The topological polar surface area (TPSA) is 73.6 Å². The quantitative estimate of drug-likeness (QED) is 0.585.